The SMILES string of the molecule is CCc1ccc(C(=O)Nc2ccc(I)cc2F)cc1. The summed E-state index contributed by atoms with van der Waals surface area (Å²) in [6.07, 6.45) is 0.924. The van der Waals surface area contributed by atoms with Crippen molar-refractivity contribution in [2.45, 2.75) is 13.3 Å². The Bertz CT molecular complexity index is 596. The largest absolute Gasteiger partial charge is 0.319 e. The Morgan fingerprint density at radius 2 is 1.89 bits per heavy atom. The second-order valence-electron chi connectivity index (χ2n) is 4.13. The number of nitrogens with one attached hydrogen (secondary N) is 1. The Labute approximate surface area is 125 Å². The average Bonchev–Trinajstić information content (AvgIpc) is 2.42. The van der Waals surface area contributed by atoms with Crippen LogP contribution in [0, 0.1) is 9.39 Å². The van der Waals surface area contributed by atoms with E-state index in [1.165, 1.54) is 6.07 Å². The van der Waals surface area contributed by atoms with E-state index in [0.29, 0.717) is 5.56 Å². The highest BCUT2D eigenvalue weighted by molar-refractivity contribution is 14.1. The summed E-state index contributed by atoms with van der Waals surface area (Å²) in [5.41, 5.74) is 1.89. The number of hydrogen-bond acceptors (Lipinski definition) is 1. The van der Waals surface area contributed by atoms with Gasteiger partial charge in [-0.15, -0.1) is 0 Å². The van der Waals surface area contributed by atoms with Gasteiger partial charge in [0, 0.05) is 9.13 Å². The van der Waals surface area contributed by atoms with E-state index in [1.807, 2.05) is 34.7 Å². The highest BCUT2D eigenvalue weighted by Crippen LogP contribution is 2.18. The fraction of sp³-hybridized carbons (Fsp3) is 0.133. The maximum atomic E-state index is 13.6. The van der Waals surface area contributed by atoms with Gasteiger partial charge in [0.1, 0.15) is 5.82 Å². The molecule has 0 saturated heterocycles. The van der Waals surface area contributed by atoms with Crippen molar-refractivity contribution in [3.05, 3.63) is 63.0 Å². The summed E-state index contributed by atoms with van der Waals surface area (Å²) in [5.74, 6) is -0.729. The predicted molar refractivity (Wildman–Crippen MR) is 82.9 cm³/mol. The molecule has 0 heterocycles. The maximum Gasteiger partial charge on any atom is 0.255 e. The number of amides is 1. The first kappa shape index (κ1) is 14.0. The van der Waals surface area contributed by atoms with Crippen molar-refractivity contribution in [2.24, 2.45) is 0 Å². The number of carbonyl (C=O) groups is 1. The quantitative estimate of drug-likeness (QED) is 0.806. The fourth-order valence-corrected chi connectivity index (χ4v) is 2.13. The summed E-state index contributed by atoms with van der Waals surface area (Å²) in [5, 5.41) is 2.57. The molecule has 2 nitrogen and oxygen atoms in total. The summed E-state index contributed by atoms with van der Waals surface area (Å²) in [7, 11) is 0. The van der Waals surface area contributed by atoms with Crippen LogP contribution in [0.25, 0.3) is 0 Å². The zero-order valence-corrected chi connectivity index (χ0v) is 12.6. The monoisotopic (exact) mass is 369 g/mol. The standard InChI is InChI=1S/C15H13FINO/c1-2-10-3-5-11(6-4-10)15(19)18-14-8-7-12(17)9-13(14)16/h3-9H,2H2,1H3,(H,18,19). The normalized spacial score (nSPS) is 10.3. The van der Waals surface area contributed by atoms with Gasteiger partial charge in [-0.3, -0.25) is 4.79 Å². The molecule has 0 aromatic heterocycles. The summed E-state index contributed by atoms with van der Waals surface area (Å²) >= 11 is 2.02. The highest BCUT2D eigenvalue weighted by atomic mass is 127. The Hall–Kier alpha value is -1.43. The van der Waals surface area contributed by atoms with Crippen molar-refractivity contribution in [2.75, 3.05) is 5.32 Å². The Morgan fingerprint density at radius 1 is 1.21 bits per heavy atom. The number of hydrogen-bond donors (Lipinski definition) is 1. The summed E-state index contributed by atoms with van der Waals surface area (Å²) < 4.78 is 14.4. The van der Waals surface area contributed by atoms with E-state index in [2.05, 4.69) is 12.2 Å². The Balaban J connectivity index is 2.15. The molecule has 0 unspecified atom stereocenters. The zero-order chi connectivity index (χ0) is 13.8. The van der Waals surface area contributed by atoms with Crippen molar-refractivity contribution < 1.29 is 9.18 Å². The van der Waals surface area contributed by atoms with Crippen molar-refractivity contribution in [1.82, 2.24) is 0 Å². The number of rotatable bonds is 3. The van der Waals surface area contributed by atoms with E-state index in [4.69, 9.17) is 0 Å². The minimum Gasteiger partial charge on any atom is -0.319 e. The van der Waals surface area contributed by atoms with Crippen LogP contribution in [-0.4, -0.2) is 5.91 Å². The lowest BCUT2D eigenvalue weighted by molar-refractivity contribution is 0.102. The Kier molecular flexibility index (Phi) is 4.52. The molecule has 0 saturated carbocycles. The molecule has 0 atom stereocenters. The number of anilines is 1. The number of carbonyl (C=O) groups excluding carboxylic acids is 1. The molecule has 1 amide bonds. The lowest BCUT2D eigenvalue weighted by atomic mass is 10.1. The van der Waals surface area contributed by atoms with Crippen LogP contribution in [-0.2, 0) is 6.42 Å². The van der Waals surface area contributed by atoms with E-state index in [0.717, 1.165) is 15.6 Å². The van der Waals surface area contributed by atoms with Crippen LogP contribution < -0.4 is 5.32 Å². The molecule has 0 radical (unpaired) electrons. The van der Waals surface area contributed by atoms with Gasteiger partial charge < -0.3 is 5.32 Å². The zero-order valence-electron chi connectivity index (χ0n) is 10.4. The predicted octanol–water partition coefficient (Wildman–Crippen LogP) is 4.25. The van der Waals surface area contributed by atoms with Gasteiger partial charge in [-0.1, -0.05) is 19.1 Å². The van der Waals surface area contributed by atoms with E-state index < -0.39 is 5.82 Å². The summed E-state index contributed by atoms with van der Waals surface area (Å²) in [6, 6.07) is 12.0. The molecule has 0 fully saturated rings. The summed E-state index contributed by atoms with van der Waals surface area (Å²) in [4.78, 5) is 12.0. The molecular formula is C15H13FINO. The third-order valence-electron chi connectivity index (χ3n) is 2.80. The van der Waals surface area contributed by atoms with Gasteiger partial charge in [-0.2, -0.15) is 0 Å². The first-order valence-electron chi connectivity index (χ1n) is 5.95. The minimum atomic E-state index is -0.426. The molecule has 19 heavy (non-hydrogen) atoms. The van der Waals surface area contributed by atoms with Crippen molar-refractivity contribution in [3.63, 3.8) is 0 Å². The first-order chi connectivity index (χ1) is 9.10. The lowest BCUT2D eigenvalue weighted by Crippen LogP contribution is -2.13. The fourth-order valence-electron chi connectivity index (χ4n) is 1.68. The molecule has 0 spiro atoms. The van der Waals surface area contributed by atoms with Crippen LogP contribution >= 0.6 is 22.6 Å². The van der Waals surface area contributed by atoms with E-state index >= 15 is 0 Å². The molecule has 1 N–H and O–H groups in total. The van der Waals surface area contributed by atoms with Crippen LogP contribution in [0.5, 0.6) is 0 Å². The third kappa shape index (κ3) is 3.53. The molecule has 0 aliphatic carbocycles. The molecule has 98 valence electrons. The molecular weight excluding hydrogens is 356 g/mol. The molecule has 0 aliphatic heterocycles. The number of halogens is 2. The second-order valence-corrected chi connectivity index (χ2v) is 5.37. The Morgan fingerprint density at radius 3 is 2.47 bits per heavy atom. The lowest BCUT2D eigenvalue weighted by Gasteiger charge is -2.07. The first-order valence-corrected chi connectivity index (χ1v) is 7.03. The van der Waals surface area contributed by atoms with Crippen LogP contribution in [0.4, 0.5) is 10.1 Å². The van der Waals surface area contributed by atoms with Gasteiger partial charge in [-0.05, 0) is 64.9 Å². The van der Waals surface area contributed by atoms with Crippen LogP contribution in [0.3, 0.4) is 0 Å². The van der Waals surface area contributed by atoms with Crippen molar-refractivity contribution in [1.29, 1.82) is 0 Å². The van der Waals surface area contributed by atoms with Gasteiger partial charge in [-0.25, -0.2) is 4.39 Å². The van der Waals surface area contributed by atoms with Crippen LogP contribution in [0.2, 0.25) is 0 Å². The smallest absolute Gasteiger partial charge is 0.255 e. The van der Waals surface area contributed by atoms with Crippen LogP contribution in [0.1, 0.15) is 22.8 Å². The van der Waals surface area contributed by atoms with Gasteiger partial charge in [0.25, 0.3) is 5.91 Å². The number of aryl methyl sites for hydroxylation is 1. The van der Waals surface area contributed by atoms with Crippen molar-refractivity contribution in [3.8, 4) is 0 Å². The second kappa shape index (κ2) is 6.14. The van der Waals surface area contributed by atoms with Gasteiger partial charge in [0.05, 0.1) is 5.69 Å². The summed E-state index contributed by atoms with van der Waals surface area (Å²) in [6.45, 7) is 2.05. The van der Waals surface area contributed by atoms with E-state index in [9.17, 15) is 9.18 Å². The molecule has 0 aliphatic rings. The average molecular weight is 369 g/mol. The maximum absolute atomic E-state index is 13.6. The van der Waals surface area contributed by atoms with Crippen molar-refractivity contribution >= 4 is 34.2 Å². The minimum absolute atomic E-state index is 0.199. The molecule has 2 aromatic rings. The number of benzene rings is 2. The topological polar surface area (TPSA) is 29.1 Å². The highest BCUT2D eigenvalue weighted by Gasteiger charge is 2.09. The van der Waals surface area contributed by atoms with E-state index in [-0.39, 0.29) is 11.6 Å². The molecule has 0 bridgehead atoms. The molecule has 2 aromatic carbocycles. The van der Waals surface area contributed by atoms with E-state index in [1.54, 1.807) is 24.3 Å². The van der Waals surface area contributed by atoms with Gasteiger partial charge >= 0.3 is 0 Å². The van der Waals surface area contributed by atoms with Gasteiger partial charge in [0.2, 0.25) is 0 Å². The third-order valence-corrected chi connectivity index (χ3v) is 3.47. The van der Waals surface area contributed by atoms with Crippen LogP contribution in [0.15, 0.2) is 42.5 Å². The van der Waals surface area contributed by atoms with Gasteiger partial charge in [0.15, 0.2) is 0 Å². The molecule has 4 heteroatoms. The molecule has 2 rings (SSSR count).